The Bertz CT molecular complexity index is 961. The quantitative estimate of drug-likeness (QED) is 0.721. The van der Waals surface area contributed by atoms with Crippen LogP contribution in [-0.2, 0) is 6.54 Å². The normalized spacial score (nSPS) is 14.1. The largest absolute Gasteiger partial charge is 0.467 e. The van der Waals surface area contributed by atoms with Crippen LogP contribution in [0.1, 0.15) is 27.2 Å². The number of aryl methyl sites for hydroxylation is 1. The van der Waals surface area contributed by atoms with Crippen molar-refractivity contribution in [2.75, 3.05) is 36.0 Å². The number of hydrogen-bond donors (Lipinski definition) is 1. The summed E-state index contributed by atoms with van der Waals surface area (Å²) >= 11 is 0. The first-order valence-electron chi connectivity index (χ1n) is 9.80. The fourth-order valence-electron chi connectivity index (χ4n) is 3.51. The van der Waals surface area contributed by atoms with Crippen molar-refractivity contribution in [3.05, 3.63) is 71.4 Å². The number of nitrogens with one attached hydrogen (secondary N) is 1. The molecule has 2 aromatic heterocycles. The Balaban J connectivity index is 1.34. The SMILES string of the molecule is Cc1cccc(N2CCN(c3ncc(C(=O)NCc4ccco4)cn3)CC2)c1C. The maximum atomic E-state index is 12.2. The molecule has 0 atom stereocenters. The van der Waals surface area contributed by atoms with E-state index in [2.05, 4.69) is 57.1 Å². The molecule has 1 amide bonds. The van der Waals surface area contributed by atoms with E-state index in [1.807, 2.05) is 6.07 Å². The highest BCUT2D eigenvalue weighted by atomic mass is 16.3. The van der Waals surface area contributed by atoms with Crippen molar-refractivity contribution in [1.82, 2.24) is 15.3 Å². The number of carbonyl (C=O) groups excluding carboxylic acids is 1. The average molecular weight is 391 g/mol. The van der Waals surface area contributed by atoms with Gasteiger partial charge >= 0.3 is 0 Å². The summed E-state index contributed by atoms with van der Waals surface area (Å²) in [6.45, 7) is 8.19. The second-order valence-corrected chi connectivity index (χ2v) is 7.23. The first kappa shape index (κ1) is 19.0. The number of furan rings is 1. The van der Waals surface area contributed by atoms with Crippen molar-refractivity contribution >= 4 is 17.5 Å². The highest BCUT2D eigenvalue weighted by molar-refractivity contribution is 5.93. The van der Waals surface area contributed by atoms with Crippen LogP contribution in [0.5, 0.6) is 0 Å². The van der Waals surface area contributed by atoms with Gasteiger partial charge < -0.3 is 19.5 Å². The zero-order valence-electron chi connectivity index (χ0n) is 16.8. The highest BCUT2D eigenvalue weighted by Gasteiger charge is 2.21. The van der Waals surface area contributed by atoms with E-state index < -0.39 is 0 Å². The smallest absolute Gasteiger partial charge is 0.254 e. The summed E-state index contributed by atoms with van der Waals surface area (Å²) in [5.41, 5.74) is 4.39. The van der Waals surface area contributed by atoms with Gasteiger partial charge in [0.1, 0.15) is 5.76 Å². The van der Waals surface area contributed by atoms with E-state index >= 15 is 0 Å². The lowest BCUT2D eigenvalue weighted by Crippen LogP contribution is -2.47. The summed E-state index contributed by atoms with van der Waals surface area (Å²) in [6.07, 6.45) is 4.74. The molecule has 1 fully saturated rings. The third-order valence-corrected chi connectivity index (χ3v) is 5.38. The van der Waals surface area contributed by atoms with E-state index in [1.165, 1.54) is 16.8 Å². The van der Waals surface area contributed by atoms with E-state index in [0.29, 0.717) is 23.8 Å². The van der Waals surface area contributed by atoms with Crippen molar-refractivity contribution in [3.63, 3.8) is 0 Å². The van der Waals surface area contributed by atoms with Gasteiger partial charge in [0.2, 0.25) is 5.95 Å². The van der Waals surface area contributed by atoms with Crippen LogP contribution < -0.4 is 15.1 Å². The van der Waals surface area contributed by atoms with E-state index in [9.17, 15) is 4.79 Å². The van der Waals surface area contributed by atoms with Crippen LogP contribution >= 0.6 is 0 Å². The molecule has 150 valence electrons. The van der Waals surface area contributed by atoms with Crippen molar-refractivity contribution in [2.24, 2.45) is 0 Å². The van der Waals surface area contributed by atoms with Gasteiger partial charge in [-0.1, -0.05) is 12.1 Å². The molecule has 29 heavy (non-hydrogen) atoms. The number of carbonyl (C=O) groups is 1. The lowest BCUT2D eigenvalue weighted by atomic mass is 10.1. The molecule has 3 heterocycles. The summed E-state index contributed by atoms with van der Waals surface area (Å²) in [5.74, 6) is 1.15. The van der Waals surface area contributed by atoms with E-state index in [1.54, 1.807) is 24.7 Å². The van der Waals surface area contributed by atoms with Gasteiger partial charge in [0.25, 0.3) is 5.91 Å². The Morgan fingerprint density at radius 3 is 2.45 bits per heavy atom. The summed E-state index contributed by atoms with van der Waals surface area (Å²) < 4.78 is 5.22. The number of aromatic nitrogens is 2. The first-order chi connectivity index (χ1) is 14.1. The van der Waals surface area contributed by atoms with Crippen LogP contribution in [0.25, 0.3) is 0 Å². The Morgan fingerprint density at radius 1 is 1.03 bits per heavy atom. The predicted molar refractivity (Wildman–Crippen MR) is 112 cm³/mol. The van der Waals surface area contributed by atoms with E-state index in [-0.39, 0.29) is 5.91 Å². The molecule has 1 N–H and O–H groups in total. The standard InChI is InChI=1S/C22H25N5O2/c1-16-5-3-7-20(17(16)2)26-8-10-27(11-9-26)22-24-13-18(14-25-22)21(28)23-15-19-6-4-12-29-19/h3-7,12-14H,8-11,15H2,1-2H3,(H,23,28). The van der Waals surface area contributed by atoms with Gasteiger partial charge in [-0.15, -0.1) is 0 Å². The minimum absolute atomic E-state index is 0.215. The number of benzene rings is 1. The summed E-state index contributed by atoms with van der Waals surface area (Å²) in [4.78, 5) is 25.6. The summed E-state index contributed by atoms with van der Waals surface area (Å²) in [5, 5.41) is 2.80. The third kappa shape index (κ3) is 4.23. The van der Waals surface area contributed by atoms with E-state index in [4.69, 9.17) is 4.42 Å². The molecule has 0 aliphatic carbocycles. The average Bonchev–Trinajstić information content (AvgIpc) is 3.28. The van der Waals surface area contributed by atoms with Gasteiger partial charge in [-0.25, -0.2) is 9.97 Å². The summed E-state index contributed by atoms with van der Waals surface area (Å²) in [7, 11) is 0. The molecule has 0 unspecified atom stereocenters. The topological polar surface area (TPSA) is 74.5 Å². The molecule has 1 saturated heterocycles. The van der Waals surface area contributed by atoms with Crippen LogP contribution in [0.4, 0.5) is 11.6 Å². The fraction of sp³-hybridized carbons (Fsp3) is 0.318. The first-order valence-corrected chi connectivity index (χ1v) is 9.80. The second kappa shape index (κ2) is 8.34. The van der Waals surface area contributed by atoms with Gasteiger partial charge in [0.05, 0.1) is 18.4 Å². The number of hydrogen-bond acceptors (Lipinski definition) is 6. The monoisotopic (exact) mass is 391 g/mol. The van der Waals surface area contributed by atoms with Gasteiger partial charge in [0.15, 0.2) is 0 Å². The van der Waals surface area contributed by atoms with Crippen molar-refractivity contribution < 1.29 is 9.21 Å². The van der Waals surface area contributed by atoms with Gasteiger partial charge in [0, 0.05) is 44.3 Å². The molecule has 7 nitrogen and oxygen atoms in total. The molecule has 3 aromatic rings. The Morgan fingerprint density at radius 2 is 1.76 bits per heavy atom. The molecule has 0 spiro atoms. The van der Waals surface area contributed by atoms with Crippen molar-refractivity contribution in [2.45, 2.75) is 20.4 Å². The van der Waals surface area contributed by atoms with E-state index in [0.717, 1.165) is 26.2 Å². The molecule has 1 aromatic carbocycles. The lowest BCUT2D eigenvalue weighted by Gasteiger charge is -2.37. The molecule has 1 aliphatic heterocycles. The molecule has 0 saturated carbocycles. The molecular formula is C22H25N5O2. The van der Waals surface area contributed by atoms with Crippen molar-refractivity contribution in [3.8, 4) is 0 Å². The molecule has 7 heteroatoms. The van der Waals surface area contributed by atoms with Crippen molar-refractivity contribution in [1.29, 1.82) is 0 Å². The Hall–Kier alpha value is -3.35. The molecule has 0 radical (unpaired) electrons. The molecule has 1 aliphatic rings. The fourth-order valence-corrected chi connectivity index (χ4v) is 3.51. The third-order valence-electron chi connectivity index (χ3n) is 5.38. The number of piperazine rings is 1. The van der Waals surface area contributed by atoms with Crippen LogP contribution in [0.3, 0.4) is 0 Å². The van der Waals surface area contributed by atoms with Crippen LogP contribution in [0, 0.1) is 13.8 Å². The molecule has 4 rings (SSSR count). The van der Waals surface area contributed by atoms with Crippen LogP contribution in [-0.4, -0.2) is 42.1 Å². The number of anilines is 2. The number of nitrogens with zero attached hydrogens (tertiary/aromatic N) is 4. The lowest BCUT2D eigenvalue weighted by molar-refractivity contribution is 0.0947. The minimum atomic E-state index is -0.215. The van der Waals surface area contributed by atoms with Crippen LogP contribution in [0.15, 0.2) is 53.4 Å². The second-order valence-electron chi connectivity index (χ2n) is 7.23. The Kier molecular flexibility index (Phi) is 5.46. The minimum Gasteiger partial charge on any atom is -0.467 e. The maximum absolute atomic E-state index is 12.2. The number of rotatable bonds is 5. The van der Waals surface area contributed by atoms with Crippen LogP contribution in [0.2, 0.25) is 0 Å². The van der Waals surface area contributed by atoms with Gasteiger partial charge in [-0.2, -0.15) is 0 Å². The highest BCUT2D eigenvalue weighted by Crippen LogP contribution is 2.24. The number of amides is 1. The summed E-state index contributed by atoms with van der Waals surface area (Å²) in [6, 6.07) is 10.1. The van der Waals surface area contributed by atoms with Gasteiger partial charge in [-0.3, -0.25) is 4.79 Å². The molecule has 0 bridgehead atoms. The van der Waals surface area contributed by atoms with Gasteiger partial charge in [-0.05, 0) is 43.2 Å². The zero-order valence-corrected chi connectivity index (χ0v) is 16.8. The maximum Gasteiger partial charge on any atom is 0.254 e. The predicted octanol–water partition coefficient (Wildman–Crippen LogP) is 2.94. The zero-order chi connectivity index (χ0) is 20.2. The molecular weight excluding hydrogens is 366 g/mol. The Labute approximate surface area is 170 Å².